The first-order valence-corrected chi connectivity index (χ1v) is 27.6. The van der Waals surface area contributed by atoms with Gasteiger partial charge in [0.15, 0.2) is 12.4 Å². The van der Waals surface area contributed by atoms with Gasteiger partial charge in [0.2, 0.25) is 5.91 Å². The van der Waals surface area contributed by atoms with Crippen molar-refractivity contribution in [1.29, 1.82) is 0 Å². The Bertz CT molecular complexity index is 1330. The summed E-state index contributed by atoms with van der Waals surface area (Å²) in [7, 11) is 0. The smallest absolute Gasteiger partial charge is 0.306 e. The Morgan fingerprint density at radius 3 is 1.57 bits per heavy atom. The van der Waals surface area contributed by atoms with Crippen molar-refractivity contribution in [3.63, 3.8) is 0 Å². The molecule has 394 valence electrons. The number of carbonyl (C=O) groups excluding carboxylic acids is 2. The summed E-state index contributed by atoms with van der Waals surface area (Å²) in [4.78, 5) is 26.3. The van der Waals surface area contributed by atoms with Crippen molar-refractivity contribution in [3.8, 4) is 0 Å². The maximum atomic E-state index is 13.3. The zero-order chi connectivity index (χ0) is 49.7. The molecule has 1 heterocycles. The van der Waals surface area contributed by atoms with Crippen molar-refractivity contribution in [2.45, 2.75) is 275 Å². The first-order valence-electron chi connectivity index (χ1n) is 27.6. The summed E-state index contributed by atoms with van der Waals surface area (Å²) >= 11 is 0. The molecular formula is C57H101NO10. The number of allylic oxidation sites excluding steroid dienone is 9. The van der Waals surface area contributed by atoms with Crippen LogP contribution in [-0.2, 0) is 23.8 Å². The number of carbonyl (C=O) groups is 2. The summed E-state index contributed by atoms with van der Waals surface area (Å²) in [6, 6.07) is -1.04. The van der Waals surface area contributed by atoms with E-state index in [-0.39, 0.29) is 19.4 Å². The Hall–Kier alpha value is -2.64. The number of amides is 1. The van der Waals surface area contributed by atoms with E-state index in [0.29, 0.717) is 12.8 Å². The Morgan fingerprint density at radius 1 is 0.588 bits per heavy atom. The fourth-order valence-electron chi connectivity index (χ4n) is 8.27. The number of esters is 1. The van der Waals surface area contributed by atoms with Crippen LogP contribution in [0, 0.1) is 0 Å². The Balaban J connectivity index is 2.81. The standard InChI is InChI=1S/C57H101NO10/c1-4-7-10-13-16-19-22-25-28-31-34-37-40-43-49(60)48(58-56(65)50(61)44-41-38-35-32-29-26-23-20-17-14-11-8-5-2)47-66-57-55(54(64)53(63)51(46-59)67-57)68-52(62)45-42-39-36-33-30-27-24-21-18-15-12-9-6-3/h8,11,17,20,27,30,36,39-40,43,48-51,53-55,57,59-61,63-64H,4-7,9-10,12-16,18-19,21-26,28-29,31-35,37-38,41-42,44-47H2,1-3H3,(H,58,65)/b11-8+,20-17+,30-27-,39-36+,43-40+. The van der Waals surface area contributed by atoms with Crippen molar-refractivity contribution < 1.29 is 49.3 Å². The van der Waals surface area contributed by atoms with E-state index in [1.807, 2.05) is 18.2 Å². The monoisotopic (exact) mass is 960 g/mol. The number of aliphatic hydroxyl groups is 5. The largest absolute Gasteiger partial charge is 0.454 e. The van der Waals surface area contributed by atoms with Gasteiger partial charge in [0.1, 0.15) is 24.4 Å². The molecule has 0 aromatic heterocycles. The molecule has 68 heavy (non-hydrogen) atoms. The molecule has 6 N–H and O–H groups in total. The summed E-state index contributed by atoms with van der Waals surface area (Å²) < 4.78 is 17.5. The third-order valence-electron chi connectivity index (χ3n) is 12.7. The molecular weight excluding hydrogens is 859 g/mol. The summed E-state index contributed by atoms with van der Waals surface area (Å²) in [6.07, 6.45) is 44.3. The third-order valence-corrected chi connectivity index (χ3v) is 12.7. The molecule has 0 aliphatic carbocycles. The zero-order valence-corrected chi connectivity index (χ0v) is 43.2. The molecule has 0 bridgehead atoms. The molecule has 0 radical (unpaired) electrons. The van der Waals surface area contributed by atoms with Crippen LogP contribution in [-0.4, -0.2) is 99.6 Å². The quantitative estimate of drug-likeness (QED) is 0.0196. The van der Waals surface area contributed by atoms with Gasteiger partial charge in [-0.25, -0.2) is 0 Å². The second kappa shape index (κ2) is 45.5. The predicted octanol–water partition coefficient (Wildman–Crippen LogP) is 11.9. The lowest BCUT2D eigenvalue weighted by atomic mass is 9.99. The average molecular weight is 960 g/mol. The number of hydrogen-bond donors (Lipinski definition) is 6. The molecule has 1 amide bonds. The Kier molecular flexibility index (Phi) is 42.4. The second-order valence-corrected chi connectivity index (χ2v) is 18.9. The van der Waals surface area contributed by atoms with Crippen LogP contribution in [0.2, 0.25) is 0 Å². The van der Waals surface area contributed by atoms with E-state index in [1.165, 1.54) is 96.3 Å². The Morgan fingerprint density at radius 2 is 1.06 bits per heavy atom. The molecule has 1 aliphatic rings. The van der Waals surface area contributed by atoms with Crippen molar-refractivity contribution in [2.75, 3.05) is 13.2 Å². The van der Waals surface area contributed by atoms with Crippen LogP contribution in [0.5, 0.6) is 0 Å². The SMILES string of the molecule is CC/C=C/C/C=C/CCCCCCCCC(O)C(=O)NC(COC1OC(CO)C(O)C(O)C1OC(=O)CC/C=C/C/C=C\CCCCCCCC)C(O)/C=C/CCCCCCCCCCCCC. The lowest BCUT2D eigenvalue weighted by Gasteiger charge is -2.41. The topological polar surface area (TPSA) is 175 Å². The van der Waals surface area contributed by atoms with Crippen LogP contribution in [0.25, 0.3) is 0 Å². The zero-order valence-electron chi connectivity index (χ0n) is 43.2. The highest BCUT2D eigenvalue weighted by Gasteiger charge is 2.47. The molecule has 1 aliphatic heterocycles. The van der Waals surface area contributed by atoms with Gasteiger partial charge in [-0.1, -0.05) is 210 Å². The fraction of sp³-hybridized carbons (Fsp3) is 0.789. The maximum Gasteiger partial charge on any atom is 0.306 e. The summed E-state index contributed by atoms with van der Waals surface area (Å²) in [6.45, 7) is 5.61. The molecule has 8 unspecified atom stereocenters. The van der Waals surface area contributed by atoms with Crippen LogP contribution >= 0.6 is 0 Å². The first kappa shape index (κ1) is 63.4. The number of ether oxygens (including phenoxy) is 3. The molecule has 8 atom stereocenters. The predicted molar refractivity (Wildman–Crippen MR) is 278 cm³/mol. The molecule has 0 saturated carbocycles. The van der Waals surface area contributed by atoms with Gasteiger partial charge in [-0.15, -0.1) is 0 Å². The third kappa shape index (κ3) is 33.8. The van der Waals surface area contributed by atoms with Crippen molar-refractivity contribution in [3.05, 3.63) is 60.8 Å². The molecule has 1 fully saturated rings. The van der Waals surface area contributed by atoms with E-state index in [9.17, 15) is 35.1 Å². The highest BCUT2D eigenvalue weighted by atomic mass is 16.7. The van der Waals surface area contributed by atoms with Gasteiger partial charge in [-0.2, -0.15) is 0 Å². The summed E-state index contributed by atoms with van der Waals surface area (Å²) in [5.74, 6) is -1.28. The van der Waals surface area contributed by atoms with E-state index < -0.39 is 67.4 Å². The molecule has 0 aromatic carbocycles. The van der Waals surface area contributed by atoms with Gasteiger partial charge in [0.25, 0.3) is 0 Å². The lowest BCUT2D eigenvalue weighted by Crippen LogP contribution is -2.61. The van der Waals surface area contributed by atoms with E-state index in [4.69, 9.17) is 14.2 Å². The minimum absolute atomic E-state index is 0.0155. The summed E-state index contributed by atoms with van der Waals surface area (Å²) in [5.41, 5.74) is 0. The number of rotatable bonds is 45. The molecule has 1 rings (SSSR count). The first-order chi connectivity index (χ1) is 33.2. The highest BCUT2D eigenvalue weighted by Crippen LogP contribution is 2.26. The van der Waals surface area contributed by atoms with Gasteiger partial charge < -0.3 is 45.1 Å². The van der Waals surface area contributed by atoms with Crippen molar-refractivity contribution in [1.82, 2.24) is 5.32 Å². The van der Waals surface area contributed by atoms with Crippen LogP contribution in [0.15, 0.2) is 60.8 Å². The number of aliphatic hydroxyl groups excluding tert-OH is 5. The van der Waals surface area contributed by atoms with Crippen molar-refractivity contribution in [2.24, 2.45) is 0 Å². The minimum atomic E-state index is -1.64. The normalized spacial score (nSPS) is 20.4. The molecule has 0 spiro atoms. The van der Waals surface area contributed by atoms with Crippen LogP contribution in [0.3, 0.4) is 0 Å². The minimum Gasteiger partial charge on any atom is -0.454 e. The number of hydrogen-bond acceptors (Lipinski definition) is 10. The van der Waals surface area contributed by atoms with Gasteiger partial charge >= 0.3 is 5.97 Å². The highest BCUT2D eigenvalue weighted by molar-refractivity contribution is 5.80. The van der Waals surface area contributed by atoms with Gasteiger partial charge in [-0.3, -0.25) is 9.59 Å². The molecule has 0 aromatic rings. The number of unbranched alkanes of at least 4 members (excludes halogenated alkanes) is 23. The van der Waals surface area contributed by atoms with E-state index >= 15 is 0 Å². The van der Waals surface area contributed by atoms with E-state index in [2.05, 4.69) is 62.5 Å². The Labute approximate surface area is 414 Å². The van der Waals surface area contributed by atoms with Gasteiger partial charge in [-0.05, 0) is 70.6 Å². The van der Waals surface area contributed by atoms with Gasteiger partial charge in [0.05, 0.1) is 25.4 Å². The van der Waals surface area contributed by atoms with Crippen molar-refractivity contribution >= 4 is 11.9 Å². The second-order valence-electron chi connectivity index (χ2n) is 18.9. The van der Waals surface area contributed by atoms with Crippen LogP contribution < -0.4 is 5.32 Å². The number of nitrogens with one attached hydrogen (secondary N) is 1. The van der Waals surface area contributed by atoms with Crippen LogP contribution in [0.1, 0.15) is 226 Å². The summed E-state index contributed by atoms with van der Waals surface area (Å²) in [5, 5.41) is 56.6. The molecule has 1 saturated heterocycles. The molecule has 11 nitrogen and oxygen atoms in total. The average Bonchev–Trinajstić information content (AvgIpc) is 3.33. The fourth-order valence-corrected chi connectivity index (χ4v) is 8.27. The van der Waals surface area contributed by atoms with Gasteiger partial charge in [0, 0.05) is 6.42 Å². The van der Waals surface area contributed by atoms with E-state index in [0.717, 1.165) is 83.5 Å². The van der Waals surface area contributed by atoms with Crippen LogP contribution in [0.4, 0.5) is 0 Å². The van der Waals surface area contributed by atoms with E-state index in [1.54, 1.807) is 6.08 Å². The molecule has 11 heteroatoms. The maximum absolute atomic E-state index is 13.3. The lowest BCUT2D eigenvalue weighted by molar-refractivity contribution is -0.305.